The van der Waals surface area contributed by atoms with Gasteiger partial charge in [-0.3, -0.25) is 14.4 Å². The number of rotatable bonds is 17. The monoisotopic (exact) mass is 672 g/mol. The number of carbonyl (C=O) groups excluding carboxylic acids is 4. The first-order chi connectivity index (χ1) is 23.2. The number of benzene rings is 3. The van der Waals surface area contributed by atoms with E-state index < -0.39 is 59.6 Å². The molecule has 49 heavy (non-hydrogen) atoms. The van der Waals surface area contributed by atoms with E-state index in [4.69, 9.17) is 10.5 Å². The average Bonchev–Trinajstić information content (AvgIpc) is 3.03. The third-order valence-corrected chi connectivity index (χ3v) is 7.97. The van der Waals surface area contributed by atoms with Crippen LogP contribution in [0.4, 0.5) is 4.79 Å². The molecule has 5 atom stereocenters. The van der Waals surface area contributed by atoms with Gasteiger partial charge >= 0.3 is 6.09 Å². The van der Waals surface area contributed by atoms with E-state index in [2.05, 4.69) is 16.0 Å². The van der Waals surface area contributed by atoms with Crippen molar-refractivity contribution in [2.75, 3.05) is 0 Å². The van der Waals surface area contributed by atoms with Crippen LogP contribution in [0.25, 0.3) is 0 Å². The number of aliphatic hydroxyl groups is 1. The number of hydrogen-bond donors (Lipinski definition) is 5. The van der Waals surface area contributed by atoms with Crippen LogP contribution in [0.15, 0.2) is 91.0 Å². The molecule has 0 bridgehead atoms. The van der Waals surface area contributed by atoms with Crippen LogP contribution in [0.5, 0.6) is 0 Å². The highest BCUT2D eigenvalue weighted by molar-refractivity contribution is 5.92. The standard InChI is InChI=1S/C39H52N4O6/c1-26(2)21-33(37(47)41-32(35(40)45)24-29-19-13-8-14-20-29)42-36(46)30(22-27-15-9-6-10-16-27)25-34(44)31(23-28-17-11-7-12-18-28)43-38(48)49-39(3,4)5/h6-20,26,30-34,44H,21-25H2,1-5H3,(H2,40,45)(H,41,47)(H,42,46)(H,43,48)/t30?,31-,32-,33-,34+/m0/s1. The number of carbonyl (C=O) groups is 4. The van der Waals surface area contributed by atoms with Crippen LogP contribution in [-0.4, -0.2) is 58.8 Å². The van der Waals surface area contributed by atoms with E-state index >= 15 is 0 Å². The normalized spacial score (nSPS) is 14.5. The predicted octanol–water partition coefficient (Wildman–Crippen LogP) is 4.48. The lowest BCUT2D eigenvalue weighted by Crippen LogP contribution is -2.55. The van der Waals surface area contributed by atoms with Gasteiger partial charge in [0, 0.05) is 12.3 Å². The zero-order valence-electron chi connectivity index (χ0n) is 29.2. The van der Waals surface area contributed by atoms with Gasteiger partial charge in [0.25, 0.3) is 0 Å². The van der Waals surface area contributed by atoms with E-state index in [0.29, 0.717) is 12.8 Å². The lowest BCUT2D eigenvalue weighted by molar-refractivity contribution is -0.133. The molecule has 0 heterocycles. The second kappa shape index (κ2) is 18.7. The molecule has 10 heteroatoms. The Hall–Kier alpha value is -4.70. The molecule has 3 rings (SSSR count). The quantitative estimate of drug-likeness (QED) is 0.142. The minimum absolute atomic E-state index is 0.0119. The molecular weight excluding hydrogens is 620 g/mol. The zero-order chi connectivity index (χ0) is 36.0. The van der Waals surface area contributed by atoms with Gasteiger partial charge in [-0.1, -0.05) is 105 Å². The molecule has 3 aromatic rings. The molecular formula is C39H52N4O6. The molecule has 4 amide bonds. The molecule has 10 nitrogen and oxygen atoms in total. The number of ether oxygens (including phenoxy) is 1. The average molecular weight is 673 g/mol. The van der Waals surface area contributed by atoms with Crippen molar-refractivity contribution in [1.29, 1.82) is 0 Å². The van der Waals surface area contributed by atoms with Crippen molar-refractivity contribution >= 4 is 23.8 Å². The van der Waals surface area contributed by atoms with E-state index in [9.17, 15) is 24.3 Å². The van der Waals surface area contributed by atoms with E-state index in [0.717, 1.165) is 16.7 Å². The van der Waals surface area contributed by atoms with Crippen molar-refractivity contribution < 1.29 is 29.0 Å². The number of nitrogens with one attached hydrogen (secondary N) is 3. The lowest BCUT2D eigenvalue weighted by atomic mass is 9.88. The Kier molecular flexibility index (Phi) is 14.8. The van der Waals surface area contributed by atoms with Crippen molar-refractivity contribution in [1.82, 2.24) is 16.0 Å². The summed E-state index contributed by atoms with van der Waals surface area (Å²) in [5.74, 6) is -2.37. The van der Waals surface area contributed by atoms with Gasteiger partial charge in [-0.2, -0.15) is 0 Å². The van der Waals surface area contributed by atoms with E-state index in [1.165, 1.54) is 0 Å². The summed E-state index contributed by atoms with van der Waals surface area (Å²) in [5.41, 5.74) is 7.51. The van der Waals surface area contributed by atoms with Gasteiger partial charge in [-0.15, -0.1) is 0 Å². The Morgan fingerprint density at radius 2 is 1.14 bits per heavy atom. The highest BCUT2D eigenvalue weighted by Crippen LogP contribution is 2.20. The fourth-order valence-corrected chi connectivity index (χ4v) is 5.59. The summed E-state index contributed by atoms with van der Waals surface area (Å²) in [6.07, 6.45) is -0.731. The van der Waals surface area contributed by atoms with Gasteiger partial charge in [0.15, 0.2) is 0 Å². The number of nitrogens with two attached hydrogens (primary N) is 1. The number of hydrogen-bond acceptors (Lipinski definition) is 6. The molecule has 264 valence electrons. The van der Waals surface area contributed by atoms with Gasteiger partial charge in [0.05, 0.1) is 12.1 Å². The molecule has 0 aliphatic heterocycles. The topological polar surface area (TPSA) is 160 Å². The Bertz CT molecular complexity index is 1480. The smallest absolute Gasteiger partial charge is 0.407 e. The molecule has 6 N–H and O–H groups in total. The van der Waals surface area contributed by atoms with Gasteiger partial charge in [0.1, 0.15) is 17.7 Å². The van der Waals surface area contributed by atoms with E-state index in [1.807, 2.05) is 105 Å². The first kappa shape index (κ1) is 38.7. The van der Waals surface area contributed by atoms with Crippen LogP contribution in [0.2, 0.25) is 0 Å². The number of primary amides is 1. The number of amides is 4. The molecule has 0 saturated heterocycles. The van der Waals surface area contributed by atoms with E-state index in [1.54, 1.807) is 20.8 Å². The lowest BCUT2D eigenvalue weighted by Gasteiger charge is -2.30. The molecule has 1 unspecified atom stereocenters. The Morgan fingerprint density at radius 1 is 0.673 bits per heavy atom. The highest BCUT2D eigenvalue weighted by atomic mass is 16.6. The molecule has 0 aliphatic carbocycles. The second-order valence-corrected chi connectivity index (χ2v) is 14.0. The van der Waals surface area contributed by atoms with E-state index in [-0.39, 0.29) is 25.2 Å². The maximum atomic E-state index is 14.1. The molecule has 3 aromatic carbocycles. The van der Waals surface area contributed by atoms with Gasteiger partial charge < -0.3 is 31.5 Å². The Labute approximate surface area is 290 Å². The van der Waals surface area contributed by atoms with Crippen molar-refractivity contribution in [2.45, 2.75) is 96.6 Å². The number of aliphatic hydroxyl groups excluding tert-OH is 1. The van der Waals surface area contributed by atoms with Crippen LogP contribution in [0.1, 0.15) is 64.2 Å². The SMILES string of the molecule is CC(C)C[C@H](NC(=O)C(Cc1ccccc1)C[C@@H](O)[C@H](Cc1ccccc1)NC(=O)OC(C)(C)C)C(=O)N[C@@H](Cc1ccccc1)C(N)=O. The Morgan fingerprint density at radius 3 is 1.61 bits per heavy atom. The second-order valence-electron chi connectivity index (χ2n) is 14.0. The molecule has 0 fully saturated rings. The van der Waals surface area contributed by atoms with Crippen LogP contribution in [0, 0.1) is 11.8 Å². The summed E-state index contributed by atoms with van der Waals surface area (Å²) in [6, 6.07) is 25.4. The largest absolute Gasteiger partial charge is 0.444 e. The van der Waals surface area contributed by atoms with Gasteiger partial charge in [-0.05, 0) is 69.1 Å². The number of alkyl carbamates (subject to hydrolysis) is 1. The first-order valence-electron chi connectivity index (χ1n) is 16.9. The maximum Gasteiger partial charge on any atom is 0.407 e. The third kappa shape index (κ3) is 14.1. The molecule has 0 saturated carbocycles. The molecule has 0 radical (unpaired) electrons. The summed E-state index contributed by atoms with van der Waals surface area (Å²) >= 11 is 0. The van der Waals surface area contributed by atoms with Gasteiger partial charge in [-0.25, -0.2) is 4.79 Å². The Balaban J connectivity index is 1.85. The molecule has 0 spiro atoms. The van der Waals surface area contributed by atoms with Crippen molar-refractivity contribution in [2.24, 2.45) is 17.6 Å². The third-order valence-electron chi connectivity index (χ3n) is 7.97. The predicted molar refractivity (Wildman–Crippen MR) is 190 cm³/mol. The maximum absolute atomic E-state index is 14.1. The van der Waals surface area contributed by atoms with Crippen LogP contribution in [0.3, 0.4) is 0 Å². The highest BCUT2D eigenvalue weighted by Gasteiger charge is 2.33. The summed E-state index contributed by atoms with van der Waals surface area (Å²) in [6.45, 7) is 9.14. The molecule has 0 aromatic heterocycles. The minimum atomic E-state index is -1.14. The summed E-state index contributed by atoms with van der Waals surface area (Å²) < 4.78 is 5.49. The summed E-state index contributed by atoms with van der Waals surface area (Å²) in [4.78, 5) is 52.9. The van der Waals surface area contributed by atoms with Crippen LogP contribution < -0.4 is 21.7 Å². The molecule has 0 aliphatic rings. The zero-order valence-corrected chi connectivity index (χ0v) is 29.2. The summed E-state index contributed by atoms with van der Waals surface area (Å²) in [7, 11) is 0. The van der Waals surface area contributed by atoms with Crippen LogP contribution in [-0.2, 0) is 38.4 Å². The van der Waals surface area contributed by atoms with Crippen molar-refractivity contribution in [3.05, 3.63) is 108 Å². The van der Waals surface area contributed by atoms with Crippen molar-refractivity contribution in [3.8, 4) is 0 Å². The van der Waals surface area contributed by atoms with Crippen LogP contribution >= 0.6 is 0 Å². The van der Waals surface area contributed by atoms with Gasteiger partial charge in [0.2, 0.25) is 17.7 Å². The first-order valence-corrected chi connectivity index (χ1v) is 16.9. The summed E-state index contributed by atoms with van der Waals surface area (Å²) in [5, 5.41) is 20.1. The fourth-order valence-electron chi connectivity index (χ4n) is 5.59. The van der Waals surface area contributed by atoms with Crippen molar-refractivity contribution in [3.63, 3.8) is 0 Å². The minimum Gasteiger partial charge on any atom is -0.444 e. The fraction of sp³-hybridized carbons (Fsp3) is 0.436.